The van der Waals surface area contributed by atoms with Crippen molar-refractivity contribution in [1.29, 1.82) is 0 Å². The van der Waals surface area contributed by atoms with E-state index in [2.05, 4.69) is 29.8 Å². The first-order valence-corrected chi connectivity index (χ1v) is 7.44. The lowest BCUT2D eigenvalue weighted by Crippen LogP contribution is -2.26. The summed E-state index contributed by atoms with van der Waals surface area (Å²) in [7, 11) is 0. The van der Waals surface area contributed by atoms with Crippen LogP contribution in [0.15, 0.2) is 0 Å². The lowest BCUT2D eigenvalue weighted by Gasteiger charge is -2.34. The van der Waals surface area contributed by atoms with E-state index in [-0.39, 0.29) is 0 Å². The first kappa shape index (κ1) is 13.5. The van der Waals surface area contributed by atoms with Gasteiger partial charge in [0.05, 0.1) is 6.10 Å². The molecule has 0 atom stereocenters. The average Bonchev–Trinajstić information content (AvgIpc) is 2.20. The van der Waals surface area contributed by atoms with Gasteiger partial charge in [-0.25, -0.2) is 0 Å². The molecular weight excluding hydrogens is 252 g/mol. The van der Waals surface area contributed by atoms with Gasteiger partial charge in [0.1, 0.15) is 0 Å². The van der Waals surface area contributed by atoms with Crippen LogP contribution in [0.3, 0.4) is 0 Å². The molecule has 0 bridgehead atoms. The first-order valence-electron chi connectivity index (χ1n) is 6.32. The summed E-state index contributed by atoms with van der Waals surface area (Å²) in [6, 6.07) is 0. The summed E-state index contributed by atoms with van der Waals surface area (Å²) in [6.45, 7) is 5.72. The summed E-state index contributed by atoms with van der Waals surface area (Å²) in [5, 5.41) is 1.13. The molecular formula is C13H25BrO. The van der Waals surface area contributed by atoms with Gasteiger partial charge in [-0.05, 0) is 43.9 Å². The van der Waals surface area contributed by atoms with E-state index in [1.807, 2.05) is 0 Å². The van der Waals surface area contributed by atoms with E-state index < -0.39 is 0 Å². The molecule has 1 saturated carbocycles. The monoisotopic (exact) mass is 276 g/mol. The minimum Gasteiger partial charge on any atom is -0.378 e. The highest BCUT2D eigenvalue weighted by molar-refractivity contribution is 9.09. The van der Waals surface area contributed by atoms with E-state index in [0.29, 0.717) is 11.5 Å². The molecule has 1 aliphatic carbocycles. The van der Waals surface area contributed by atoms with E-state index >= 15 is 0 Å². The van der Waals surface area contributed by atoms with Crippen molar-refractivity contribution in [3.8, 4) is 0 Å². The molecule has 0 heterocycles. The van der Waals surface area contributed by atoms with Gasteiger partial charge in [-0.15, -0.1) is 0 Å². The predicted molar refractivity (Wildman–Crippen MR) is 69.6 cm³/mol. The van der Waals surface area contributed by atoms with Crippen LogP contribution in [0.5, 0.6) is 0 Å². The largest absolute Gasteiger partial charge is 0.378 e. The molecule has 0 N–H and O–H groups in total. The van der Waals surface area contributed by atoms with Gasteiger partial charge in [-0.3, -0.25) is 0 Å². The molecule has 90 valence electrons. The molecule has 0 unspecified atom stereocenters. The second-order valence-electron chi connectivity index (χ2n) is 5.48. The number of rotatable bonds is 6. The second kappa shape index (κ2) is 6.90. The maximum atomic E-state index is 5.91. The Kier molecular flexibility index (Phi) is 6.21. The normalized spacial score (nSPS) is 21.8. The van der Waals surface area contributed by atoms with Gasteiger partial charge in [0.25, 0.3) is 0 Å². The quantitative estimate of drug-likeness (QED) is 0.511. The first-order chi connectivity index (χ1) is 7.14. The van der Waals surface area contributed by atoms with Crippen molar-refractivity contribution in [2.24, 2.45) is 5.41 Å². The smallest absolute Gasteiger partial charge is 0.0575 e. The van der Waals surface area contributed by atoms with Crippen molar-refractivity contribution in [3.63, 3.8) is 0 Å². The van der Waals surface area contributed by atoms with Crippen molar-refractivity contribution in [2.75, 3.05) is 11.9 Å². The van der Waals surface area contributed by atoms with Crippen molar-refractivity contribution in [3.05, 3.63) is 0 Å². The topological polar surface area (TPSA) is 9.23 Å². The number of unbranched alkanes of at least 4 members (excludes halogenated alkanes) is 2. The van der Waals surface area contributed by atoms with Crippen molar-refractivity contribution in [1.82, 2.24) is 0 Å². The van der Waals surface area contributed by atoms with Crippen LogP contribution >= 0.6 is 15.9 Å². The molecule has 1 nitrogen and oxygen atoms in total. The van der Waals surface area contributed by atoms with E-state index in [4.69, 9.17) is 4.74 Å². The molecule has 0 aromatic heterocycles. The van der Waals surface area contributed by atoms with Crippen LogP contribution in [0.4, 0.5) is 0 Å². The minimum absolute atomic E-state index is 0.557. The van der Waals surface area contributed by atoms with E-state index in [9.17, 15) is 0 Å². The number of hydrogen-bond acceptors (Lipinski definition) is 1. The molecule has 0 radical (unpaired) electrons. The van der Waals surface area contributed by atoms with Crippen molar-refractivity contribution < 1.29 is 4.74 Å². The Morgan fingerprint density at radius 1 is 1.13 bits per heavy atom. The zero-order chi connectivity index (χ0) is 11.1. The van der Waals surface area contributed by atoms with Crippen LogP contribution in [-0.4, -0.2) is 18.0 Å². The lowest BCUT2D eigenvalue weighted by atomic mass is 9.76. The molecule has 2 heteroatoms. The summed E-state index contributed by atoms with van der Waals surface area (Å²) in [5.74, 6) is 0. The molecule has 0 spiro atoms. The third-order valence-electron chi connectivity index (χ3n) is 3.42. The summed E-state index contributed by atoms with van der Waals surface area (Å²) < 4.78 is 5.91. The fraction of sp³-hybridized carbons (Fsp3) is 1.00. The van der Waals surface area contributed by atoms with Gasteiger partial charge in [0, 0.05) is 11.9 Å². The molecule has 0 aromatic rings. The van der Waals surface area contributed by atoms with E-state index in [1.54, 1.807) is 0 Å². The summed E-state index contributed by atoms with van der Waals surface area (Å²) in [6.07, 6.45) is 9.56. The van der Waals surface area contributed by atoms with Crippen LogP contribution in [0.25, 0.3) is 0 Å². The fourth-order valence-electron chi connectivity index (χ4n) is 2.16. The van der Waals surface area contributed by atoms with Gasteiger partial charge in [0.15, 0.2) is 0 Å². The van der Waals surface area contributed by atoms with Gasteiger partial charge in [-0.1, -0.05) is 36.2 Å². The molecule has 0 saturated heterocycles. The number of halogens is 1. The maximum absolute atomic E-state index is 5.91. The Hall–Kier alpha value is 0.440. The number of alkyl halides is 1. The van der Waals surface area contributed by atoms with Gasteiger partial charge < -0.3 is 4.74 Å². The third kappa shape index (κ3) is 5.91. The van der Waals surface area contributed by atoms with Crippen LogP contribution in [0, 0.1) is 5.41 Å². The Morgan fingerprint density at radius 2 is 1.80 bits per heavy atom. The average molecular weight is 277 g/mol. The minimum atomic E-state index is 0.557. The fourth-order valence-corrected chi connectivity index (χ4v) is 2.56. The zero-order valence-electron chi connectivity index (χ0n) is 10.2. The molecule has 0 aromatic carbocycles. The molecule has 0 aliphatic heterocycles. The van der Waals surface area contributed by atoms with Crippen molar-refractivity contribution >= 4 is 15.9 Å². The second-order valence-corrected chi connectivity index (χ2v) is 6.28. The zero-order valence-corrected chi connectivity index (χ0v) is 11.8. The molecule has 1 rings (SSSR count). The third-order valence-corrected chi connectivity index (χ3v) is 3.98. The molecule has 1 aliphatic rings. The van der Waals surface area contributed by atoms with E-state index in [1.165, 1.54) is 44.9 Å². The Balaban J connectivity index is 1.99. The van der Waals surface area contributed by atoms with Crippen molar-refractivity contribution in [2.45, 2.75) is 64.9 Å². The maximum Gasteiger partial charge on any atom is 0.0575 e. The SMILES string of the molecule is CC1(C)CCC(OCCCCCBr)CC1. The van der Waals surface area contributed by atoms with Crippen LogP contribution in [-0.2, 0) is 4.74 Å². The number of hydrogen-bond donors (Lipinski definition) is 0. The lowest BCUT2D eigenvalue weighted by molar-refractivity contribution is 0.00287. The Morgan fingerprint density at radius 3 is 2.40 bits per heavy atom. The predicted octanol–water partition coefficient (Wildman–Crippen LogP) is 4.54. The number of ether oxygens (including phenoxy) is 1. The van der Waals surface area contributed by atoms with Crippen LogP contribution < -0.4 is 0 Å². The standard InChI is InChI=1S/C13H25BrO/c1-13(2)8-6-12(7-9-13)15-11-5-3-4-10-14/h12H,3-11H2,1-2H3. The van der Waals surface area contributed by atoms with Crippen LogP contribution in [0.2, 0.25) is 0 Å². The Labute approximate surface area is 103 Å². The Bertz CT molecular complexity index is 158. The molecule has 0 amide bonds. The summed E-state index contributed by atoms with van der Waals surface area (Å²) >= 11 is 3.45. The highest BCUT2D eigenvalue weighted by Gasteiger charge is 2.26. The van der Waals surface area contributed by atoms with Gasteiger partial charge in [0.2, 0.25) is 0 Å². The van der Waals surface area contributed by atoms with Gasteiger partial charge >= 0.3 is 0 Å². The highest BCUT2D eigenvalue weighted by atomic mass is 79.9. The molecule has 1 fully saturated rings. The van der Waals surface area contributed by atoms with Crippen LogP contribution in [0.1, 0.15) is 58.8 Å². The molecule has 15 heavy (non-hydrogen) atoms. The summed E-state index contributed by atoms with van der Waals surface area (Å²) in [5.41, 5.74) is 0.565. The highest BCUT2D eigenvalue weighted by Crippen LogP contribution is 2.36. The van der Waals surface area contributed by atoms with E-state index in [0.717, 1.165) is 11.9 Å². The summed E-state index contributed by atoms with van der Waals surface area (Å²) in [4.78, 5) is 0. The van der Waals surface area contributed by atoms with Gasteiger partial charge in [-0.2, -0.15) is 0 Å².